The molecule has 0 aliphatic carbocycles. The van der Waals surface area contributed by atoms with Crippen LogP contribution in [0.3, 0.4) is 0 Å². The van der Waals surface area contributed by atoms with Crippen LogP contribution in [0.5, 0.6) is 0 Å². The van der Waals surface area contributed by atoms with E-state index in [9.17, 15) is 0 Å². The summed E-state index contributed by atoms with van der Waals surface area (Å²) in [5.41, 5.74) is 0. The SMILES string of the molecule is CCCCC#CCC#[C][Hg][C]#CCC#CCCCC. The first kappa shape index (κ1) is 18.2. The Labute approximate surface area is 131 Å². The van der Waals surface area contributed by atoms with E-state index in [1.807, 2.05) is 0 Å². The molecular weight excluding hydrogens is 417 g/mol. The van der Waals surface area contributed by atoms with Crippen LogP contribution in [0.15, 0.2) is 0 Å². The molecule has 0 nitrogen and oxygen atoms in total. The average Bonchev–Trinajstić information content (AvgIpc) is 2.43. The second-order valence-electron chi connectivity index (χ2n) is 4.15. The van der Waals surface area contributed by atoms with Gasteiger partial charge in [-0.3, -0.25) is 0 Å². The summed E-state index contributed by atoms with van der Waals surface area (Å²) in [6, 6.07) is 0. The molecule has 0 amide bonds. The van der Waals surface area contributed by atoms with Gasteiger partial charge in [0.1, 0.15) is 0 Å². The van der Waals surface area contributed by atoms with E-state index in [4.69, 9.17) is 0 Å². The van der Waals surface area contributed by atoms with Gasteiger partial charge in [0.05, 0.1) is 0 Å². The van der Waals surface area contributed by atoms with Crippen molar-refractivity contribution in [2.75, 3.05) is 0 Å². The molecule has 0 aliphatic heterocycles. The molecule has 0 bridgehead atoms. The minimum atomic E-state index is -1.23. The third kappa shape index (κ3) is 17.2. The molecule has 0 heterocycles. The van der Waals surface area contributed by atoms with Crippen molar-refractivity contribution in [1.82, 2.24) is 0 Å². The van der Waals surface area contributed by atoms with Gasteiger partial charge in [0.25, 0.3) is 0 Å². The summed E-state index contributed by atoms with van der Waals surface area (Å²) >= 11 is -1.23. The van der Waals surface area contributed by atoms with Crippen LogP contribution in [-0.4, -0.2) is 0 Å². The van der Waals surface area contributed by atoms with Crippen molar-refractivity contribution in [1.29, 1.82) is 0 Å². The Morgan fingerprint density at radius 1 is 0.632 bits per heavy atom. The van der Waals surface area contributed by atoms with Crippen LogP contribution in [-0.2, 0) is 24.6 Å². The zero-order valence-corrected chi connectivity index (χ0v) is 17.9. The monoisotopic (exact) mass is 440 g/mol. The molecule has 0 aliphatic rings. The zero-order valence-electron chi connectivity index (χ0n) is 12.4. The Balaban J connectivity index is 3.56. The maximum absolute atomic E-state index is 3.24. The van der Waals surface area contributed by atoms with E-state index >= 15 is 0 Å². The van der Waals surface area contributed by atoms with Crippen LogP contribution in [0, 0.1) is 42.4 Å². The van der Waals surface area contributed by atoms with E-state index in [1.54, 1.807) is 0 Å². The molecule has 19 heavy (non-hydrogen) atoms. The summed E-state index contributed by atoms with van der Waals surface area (Å²) in [5, 5.41) is 0. The van der Waals surface area contributed by atoms with E-state index in [0.29, 0.717) is 0 Å². The van der Waals surface area contributed by atoms with Crippen molar-refractivity contribution in [3.05, 3.63) is 0 Å². The number of rotatable bonds is 4. The molecule has 0 aromatic carbocycles. The summed E-state index contributed by atoms with van der Waals surface area (Å²) in [6.45, 7) is 4.37. The molecule has 0 spiro atoms. The van der Waals surface area contributed by atoms with Gasteiger partial charge < -0.3 is 0 Å². The van der Waals surface area contributed by atoms with Crippen molar-refractivity contribution in [3.63, 3.8) is 0 Å². The molecule has 0 aromatic heterocycles. The van der Waals surface area contributed by atoms with Crippen molar-refractivity contribution in [2.45, 2.75) is 65.2 Å². The van der Waals surface area contributed by atoms with Crippen molar-refractivity contribution in [3.8, 4) is 42.4 Å². The van der Waals surface area contributed by atoms with Gasteiger partial charge in [0.2, 0.25) is 0 Å². The summed E-state index contributed by atoms with van der Waals surface area (Å²) in [4.78, 5) is 0. The molecule has 0 unspecified atom stereocenters. The first-order valence-electron chi connectivity index (χ1n) is 7.24. The molecular formula is C18H22Hg. The van der Waals surface area contributed by atoms with Gasteiger partial charge in [-0.1, -0.05) is 0 Å². The minimum absolute atomic E-state index is 0.724. The average molecular weight is 439 g/mol. The molecule has 0 rings (SSSR count). The third-order valence-corrected chi connectivity index (χ3v) is 5.66. The van der Waals surface area contributed by atoms with E-state index in [2.05, 4.69) is 56.2 Å². The van der Waals surface area contributed by atoms with E-state index in [0.717, 1.165) is 25.7 Å². The van der Waals surface area contributed by atoms with Gasteiger partial charge in [-0.05, 0) is 0 Å². The molecule has 1 heteroatoms. The van der Waals surface area contributed by atoms with Crippen LogP contribution in [0.2, 0.25) is 0 Å². The molecule has 0 radical (unpaired) electrons. The Morgan fingerprint density at radius 2 is 1.11 bits per heavy atom. The summed E-state index contributed by atoms with van der Waals surface area (Å²) in [5.74, 6) is 18.7. The fourth-order valence-electron chi connectivity index (χ4n) is 1.21. The van der Waals surface area contributed by atoms with Gasteiger partial charge in [-0.25, -0.2) is 0 Å². The van der Waals surface area contributed by atoms with Crippen LogP contribution in [0.4, 0.5) is 0 Å². The van der Waals surface area contributed by atoms with Crippen LogP contribution in [0.25, 0.3) is 0 Å². The van der Waals surface area contributed by atoms with Crippen molar-refractivity contribution in [2.24, 2.45) is 0 Å². The fourth-order valence-corrected chi connectivity index (χ4v) is 3.50. The standard InChI is InChI=1S/2C9H11.Hg/c2*1-3-5-7-9-8-6-4-2;/h2*3,5-7H2,1H3;. The van der Waals surface area contributed by atoms with E-state index in [-0.39, 0.29) is 0 Å². The van der Waals surface area contributed by atoms with Crippen LogP contribution in [0.1, 0.15) is 65.2 Å². The Bertz CT molecular complexity index is 399. The molecule has 0 N–H and O–H groups in total. The predicted octanol–water partition coefficient (Wildman–Crippen LogP) is 4.16. The molecule has 0 atom stereocenters. The first-order valence-corrected chi connectivity index (χ1v) is 12.7. The van der Waals surface area contributed by atoms with Crippen LogP contribution < -0.4 is 0 Å². The number of hydrogen-bond acceptors (Lipinski definition) is 0. The Morgan fingerprint density at radius 3 is 1.53 bits per heavy atom. The van der Waals surface area contributed by atoms with Gasteiger partial charge in [0.15, 0.2) is 0 Å². The molecule has 0 fully saturated rings. The van der Waals surface area contributed by atoms with Crippen molar-refractivity contribution < 1.29 is 24.6 Å². The topological polar surface area (TPSA) is 0 Å². The van der Waals surface area contributed by atoms with Crippen molar-refractivity contribution >= 4 is 0 Å². The quantitative estimate of drug-likeness (QED) is 0.351. The third-order valence-electron chi connectivity index (χ3n) is 2.34. The van der Waals surface area contributed by atoms with Gasteiger partial charge in [0, 0.05) is 0 Å². The van der Waals surface area contributed by atoms with Gasteiger partial charge >= 0.3 is 132 Å². The fraction of sp³-hybridized carbons (Fsp3) is 0.556. The van der Waals surface area contributed by atoms with Crippen LogP contribution >= 0.6 is 0 Å². The summed E-state index contributed by atoms with van der Waals surface area (Å²) in [7, 11) is 0. The Hall–Kier alpha value is -0.825. The van der Waals surface area contributed by atoms with Gasteiger partial charge in [-0.2, -0.15) is 0 Å². The molecule has 96 valence electrons. The van der Waals surface area contributed by atoms with Gasteiger partial charge in [-0.15, -0.1) is 0 Å². The Kier molecular flexibility index (Phi) is 16.4. The predicted molar refractivity (Wildman–Crippen MR) is 79.4 cm³/mol. The molecule has 0 aromatic rings. The molecule has 0 saturated heterocycles. The number of hydrogen-bond donors (Lipinski definition) is 0. The van der Waals surface area contributed by atoms with E-state index in [1.165, 1.54) is 25.7 Å². The first-order chi connectivity index (χ1) is 9.41. The second-order valence-corrected chi connectivity index (χ2v) is 8.27. The maximum atomic E-state index is 3.24. The summed E-state index contributed by atoms with van der Waals surface area (Å²) < 4.78 is 6.47. The zero-order chi connectivity index (χ0) is 14.0. The van der Waals surface area contributed by atoms with E-state index < -0.39 is 24.6 Å². The normalized spacial score (nSPS) is 7.26. The number of unbranched alkanes of at least 4 members (excludes halogenated alkanes) is 4. The molecule has 0 saturated carbocycles. The summed E-state index contributed by atoms with van der Waals surface area (Å²) in [6.07, 6.45) is 8.31. The second kappa shape index (κ2) is 17.2.